The Bertz CT molecular complexity index is 294. The zero-order valence-corrected chi connectivity index (χ0v) is 10.4. The first-order chi connectivity index (χ1) is 6.53. The highest BCUT2D eigenvalue weighted by Gasteiger charge is 2.16. The standard InChI is InChI=1S/C12H19OP/c1-5-12(3,4)14-13-11-8-6-7-10(2)9-11/h6-9,14H,5H2,1-4H3. The van der Waals surface area contributed by atoms with Crippen molar-refractivity contribution in [3.8, 4) is 5.75 Å². The largest absolute Gasteiger partial charge is 0.477 e. The summed E-state index contributed by atoms with van der Waals surface area (Å²) in [6.07, 6.45) is 1.15. The fraction of sp³-hybridized carbons (Fsp3) is 0.500. The van der Waals surface area contributed by atoms with Gasteiger partial charge >= 0.3 is 0 Å². The zero-order valence-electron chi connectivity index (χ0n) is 9.42. The quantitative estimate of drug-likeness (QED) is 0.678. The number of benzene rings is 1. The third-order valence-electron chi connectivity index (χ3n) is 2.32. The van der Waals surface area contributed by atoms with Crippen LogP contribution in [0.1, 0.15) is 32.8 Å². The van der Waals surface area contributed by atoms with Crippen molar-refractivity contribution >= 4 is 8.81 Å². The highest BCUT2D eigenvalue weighted by Crippen LogP contribution is 2.36. The van der Waals surface area contributed by atoms with Crippen LogP contribution in [0.5, 0.6) is 5.75 Å². The van der Waals surface area contributed by atoms with E-state index in [-0.39, 0.29) is 0 Å². The highest BCUT2D eigenvalue weighted by molar-refractivity contribution is 7.34. The van der Waals surface area contributed by atoms with E-state index in [0.717, 1.165) is 12.2 Å². The molecule has 1 atom stereocenters. The van der Waals surface area contributed by atoms with Crippen LogP contribution >= 0.6 is 8.81 Å². The molecule has 0 radical (unpaired) electrons. The van der Waals surface area contributed by atoms with Gasteiger partial charge in [0.25, 0.3) is 0 Å². The van der Waals surface area contributed by atoms with Crippen LogP contribution in [0, 0.1) is 6.92 Å². The van der Waals surface area contributed by atoms with Crippen molar-refractivity contribution in [2.24, 2.45) is 0 Å². The normalized spacial score (nSPS) is 12.3. The van der Waals surface area contributed by atoms with Gasteiger partial charge in [-0.25, -0.2) is 0 Å². The van der Waals surface area contributed by atoms with Crippen LogP contribution in [-0.2, 0) is 0 Å². The average Bonchev–Trinajstić information content (AvgIpc) is 2.15. The number of hydrogen-bond donors (Lipinski definition) is 0. The van der Waals surface area contributed by atoms with Crippen LogP contribution in [-0.4, -0.2) is 5.16 Å². The maximum atomic E-state index is 5.77. The summed E-state index contributed by atoms with van der Waals surface area (Å²) in [5.41, 5.74) is 1.25. The molecule has 1 aromatic rings. The van der Waals surface area contributed by atoms with E-state index in [0.29, 0.717) is 14.0 Å². The van der Waals surface area contributed by atoms with E-state index in [4.69, 9.17) is 4.52 Å². The van der Waals surface area contributed by atoms with E-state index in [2.05, 4.69) is 39.8 Å². The third-order valence-corrected chi connectivity index (χ3v) is 3.56. The molecule has 1 aromatic carbocycles. The van der Waals surface area contributed by atoms with Crippen LogP contribution in [0.15, 0.2) is 24.3 Å². The Morgan fingerprint density at radius 1 is 1.36 bits per heavy atom. The Labute approximate surface area is 88.7 Å². The Balaban J connectivity index is 2.54. The summed E-state index contributed by atoms with van der Waals surface area (Å²) < 4.78 is 5.77. The van der Waals surface area contributed by atoms with Crippen molar-refractivity contribution in [3.05, 3.63) is 29.8 Å². The monoisotopic (exact) mass is 210 g/mol. The molecule has 0 fully saturated rings. The van der Waals surface area contributed by atoms with Gasteiger partial charge in [-0.2, -0.15) is 0 Å². The van der Waals surface area contributed by atoms with Crippen molar-refractivity contribution in [1.82, 2.24) is 0 Å². The molecule has 1 rings (SSSR count). The summed E-state index contributed by atoms with van der Waals surface area (Å²) in [5.74, 6) is 0.991. The predicted molar refractivity (Wildman–Crippen MR) is 64.5 cm³/mol. The summed E-state index contributed by atoms with van der Waals surface area (Å²) in [6, 6.07) is 8.22. The molecule has 0 heterocycles. The molecule has 1 unspecified atom stereocenters. The SMILES string of the molecule is CCC(C)(C)POc1cccc(C)c1. The topological polar surface area (TPSA) is 9.23 Å². The summed E-state index contributed by atoms with van der Waals surface area (Å²) in [7, 11) is 0.533. The lowest BCUT2D eigenvalue weighted by molar-refractivity contribution is 0.568. The van der Waals surface area contributed by atoms with Crippen molar-refractivity contribution in [1.29, 1.82) is 0 Å². The maximum Gasteiger partial charge on any atom is 0.123 e. The van der Waals surface area contributed by atoms with E-state index in [9.17, 15) is 0 Å². The average molecular weight is 210 g/mol. The molecule has 0 aliphatic rings. The summed E-state index contributed by atoms with van der Waals surface area (Å²) >= 11 is 0. The van der Waals surface area contributed by atoms with Crippen molar-refractivity contribution in [3.63, 3.8) is 0 Å². The molecule has 1 nitrogen and oxygen atoms in total. The Kier molecular flexibility index (Phi) is 3.95. The highest BCUT2D eigenvalue weighted by atomic mass is 31.1. The van der Waals surface area contributed by atoms with Gasteiger partial charge in [0.15, 0.2) is 0 Å². The molecule has 0 aliphatic carbocycles. The molecule has 14 heavy (non-hydrogen) atoms. The molecule has 0 N–H and O–H groups in total. The minimum absolute atomic E-state index is 0.295. The lowest BCUT2D eigenvalue weighted by Gasteiger charge is -2.22. The molecular formula is C12H19OP. The predicted octanol–water partition coefficient (Wildman–Crippen LogP) is 4.16. The molecule has 0 bridgehead atoms. The lowest BCUT2D eigenvalue weighted by atomic mass is 10.1. The van der Waals surface area contributed by atoms with Gasteiger partial charge in [0.05, 0.1) is 8.81 Å². The lowest BCUT2D eigenvalue weighted by Crippen LogP contribution is -2.11. The molecule has 0 saturated carbocycles. The third kappa shape index (κ3) is 3.67. The second kappa shape index (κ2) is 4.79. The first-order valence-electron chi connectivity index (χ1n) is 5.04. The van der Waals surface area contributed by atoms with Gasteiger partial charge in [0, 0.05) is 5.16 Å². The van der Waals surface area contributed by atoms with E-state index in [1.807, 2.05) is 12.1 Å². The van der Waals surface area contributed by atoms with Crippen LogP contribution in [0.2, 0.25) is 0 Å². The second-order valence-electron chi connectivity index (χ2n) is 4.26. The van der Waals surface area contributed by atoms with Crippen LogP contribution < -0.4 is 4.52 Å². The number of rotatable bonds is 4. The van der Waals surface area contributed by atoms with Crippen molar-refractivity contribution in [2.45, 2.75) is 39.3 Å². The fourth-order valence-electron chi connectivity index (χ4n) is 0.948. The van der Waals surface area contributed by atoms with E-state index in [1.54, 1.807) is 0 Å². The van der Waals surface area contributed by atoms with Gasteiger partial charge in [-0.3, -0.25) is 0 Å². The molecule has 0 aromatic heterocycles. The molecule has 0 aliphatic heterocycles. The summed E-state index contributed by atoms with van der Waals surface area (Å²) in [6.45, 7) is 8.76. The van der Waals surface area contributed by atoms with Crippen LogP contribution in [0.25, 0.3) is 0 Å². The number of hydrogen-bond acceptors (Lipinski definition) is 1. The molecule has 0 amide bonds. The van der Waals surface area contributed by atoms with Crippen molar-refractivity contribution in [2.75, 3.05) is 0 Å². The fourth-order valence-corrected chi connectivity index (χ4v) is 1.61. The van der Waals surface area contributed by atoms with E-state index < -0.39 is 0 Å². The number of aryl methyl sites for hydroxylation is 1. The molecule has 0 saturated heterocycles. The summed E-state index contributed by atoms with van der Waals surface area (Å²) in [4.78, 5) is 0. The molecular weight excluding hydrogens is 191 g/mol. The van der Waals surface area contributed by atoms with Crippen molar-refractivity contribution < 1.29 is 4.52 Å². The summed E-state index contributed by atoms with van der Waals surface area (Å²) in [5, 5.41) is 0.295. The van der Waals surface area contributed by atoms with Gasteiger partial charge in [-0.1, -0.05) is 32.9 Å². The smallest absolute Gasteiger partial charge is 0.123 e. The Morgan fingerprint density at radius 2 is 2.07 bits per heavy atom. The minimum Gasteiger partial charge on any atom is -0.477 e. The molecule has 78 valence electrons. The van der Waals surface area contributed by atoms with Gasteiger partial charge in [0.2, 0.25) is 0 Å². The first kappa shape index (κ1) is 11.5. The van der Waals surface area contributed by atoms with Crippen LogP contribution in [0.3, 0.4) is 0 Å². The van der Waals surface area contributed by atoms with Gasteiger partial charge < -0.3 is 4.52 Å². The van der Waals surface area contributed by atoms with E-state index in [1.165, 1.54) is 5.56 Å². The van der Waals surface area contributed by atoms with Gasteiger partial charge in [0.1, 0.15) is 5.75 Å². The Morgan fingerprint density at radius 3 is 2.64 bits per heavy atom. The Hall–Kier alpha value is -0.550. The maximum absolute atomic E-state index is 5.77. The second-order valence-corrected chi connectivity index (χ2v) is 6.02. The minimum atomic E-state index is 0.295. The first-order valence-corrected chi connectivity index (χ1v) is 5.95. The van der Waals surface area contributed by atoms with Gasteiger partial charge in [-0.05, 0) is 31.0 Å². The van der Waals surface area contributed by atoms with E-state index >= 15 is 0 Å². The molecule has 0 spiro atoms. The van der Waals surface area contributed by atoms with Crippen LogP contribution in [0.4, 0.5) is 0 Å². The molecule has 2 heteroatoms. The van der Waals surface area contributed by atoms with Gasteiger partial charge in [-0.15, -0.1) is 0 Å². The zero-order chi connectivity index (χ0) is 10.6.